The Bertz CT molecular complexity index is 394. The van der Waals surface area contributed by atoms with Crippen LogP contribution in [0.1, 0.15) is 5.56 Å². The fraction of sp³-hybridized carbons (Fsp3) is 0.250. The fourth-order valence-electron chi connectivity index (χ4n) is 0.990. The number of nitrogen functional groups attached to an aromatic ring is 1. The molecule has 3 nitrogen and oxygen atoms in total. The molecule has 0 heterocycles. The molecule has 1 aromatic rings. The third kappa shape index (κ3) is 2.90. The number of benzene rings is 1. The molecule has 1 rings (SSSR count). The van der Waals surface area contributed by atoms with Crippen LogP contribution in [0.4, 0.5) is 5.69 Å². The van der Waals surface area contributed by atoms with Crippen LogP contribution in [0.2, 0.25) is 5.02 Å². The van der Waals surface area contributed by atoms with Gasteiger partial charge >= 0.3 is 0 Å². The van der Waals surface area contributed by atoms with E-state index in [4.69, 9.17) is 17.3 Å². The maximum atomic E-state index is 11.0. The highest BCUT2D eigenvalue weighted by atomic mass is 35.5. The molecule has 72 valence electrons. The SMILES string of the molecule is CS(=O)(=O)Cc1c(N)cccc1Cl. The van der Waals surface area contributed by atoms with E-state index in [0.717, 1.165) is 6.26 Å². The lowest BCUT2D eigenvalue weighted by Gasteiger charge is -2.05. The van der Waals surface area contributed by atoms with Gasteiger partial charge in [-0.05, 0) is 12.1 Å². The Hall–Kier alpha value is -0.740. The van der Waals surface area contributed by atoms with E-state index in [1.807, 2.05) is 0 Å². The first-order valence-corrected chi connectivity index (χ1v) is 6.04. The van der Waals surface area contributed by atoms with Crippen LogP contribution in [0.25, 0.3) is 0 Å². The molecule has 1 aromatic carbocycles. The summed E-state index contributed by atoms with van der Waals surface area (Å²) in [5, 5.41) is 0.394. The van der Waals surface area contributed by atoms with Crippen LogP contribution in [0.5, 0.6) is 0 Å². The number of anilines is 1. The highest BCUT2D eigenvalue weighted by Gasteiger charge is 2.10. The van der Waals surface area contributed by atoms with E-state index in [2.05, 4.69) is 0 Å². The normalized spacial score (nSPS) is 11.5. The van der Waals surface area contributed by atoms with E-state index in [1.54, 1.807) is 18.2 Å². The van der Waals surface area contributed by atoms with Crippen LogP contribution in [0.3, 0.4) is 0 Å². The first-order chi connectivity index (χ1) is 5.90. The average Bonchev–Trinajstić information content (AvgIpc) is 1.95. The van der Waals surface area contributed by atoms with Crippen molar-refractivity contribution in [3.63, 3.8) is 0 Å². The van der Waals surface area contributed by atoms with Gasteiger partial charge < -0.3 is 5.73 Å². The molecule has 0 fully saturated rings. The highest BCUT2D eigenvalue weighted by molar-refractivity contribution is 7.89. The minimum absolute atomic E-state index is 0.113. The van der Waals surface area contributed by atoms with Gasteiger partial charge in [0.25, 0.3) is 0 Å². The summed E-state index contributed by atoms with van der Waals surface area (Å²) < 4.78 is 22.0. The Kier molecular flexibility index (Phi) is 2.83. The molecule has 0 spiro atoms. The molecular formula is C8H10ClNO2S. The third-order valence-corrected chi connectivity index (χ3v) is 2.73. The smallest absolute Gasteiger partial charge is 0.151 e. The lowest BCUT2D eigenvalue weighted by atomic mass is 10.2. The van der Waals surface area contributed by atoms with Gasteiger partial charge in [0.05, 0.1) is 5.75 Å². The molecule has 0 aliphatic rings. The minimum atomic E-state index is -3.09. The van der Waals surface area contributed by atoms with Crippen LogP contribution in [0, 0.1) is 0 Å². The molecular weight excluding hydrogens is 210 g/mol. The Labute approximate surface area is 82.4 Å². The Morgan fingerprint density at radius 2 is 2.08 bits per heavy atom. The van der Waals surface area contributed by atoms with Gasteiger partial charge in [-0.15, -0.1) is 0 Å². The van der Waals surface area contributed by atoms with Crippen molar-refractivity contribution >= 4 is 27.1 Å². The molecule has 0 saturated heterocycles. The first kappa shape index (κ1) is 10.3. The summed E-state index contributed by atoms with van der Waals surface area (Å²) in [5.74, 6) is -0.113. The van der Waals surface area contributed by atoms with Gasteiger partial charge in [0.15, 0.2) is 9.84 Å². The molecule has 2 N–H and O–H groups in total. The van der Waals surface area contributed by atoms with Gasteiger partial charge in [-0.1, -0.05) is 17.7 Å². The molecule has 0 radical (unpaired) electrons. The minimum Gasteiger partial charge on any atom is -0.398 e. The molecule has 13 heavy (non-hydrogen) atoms. The van der Waals surface area contributed by atoms with Crippen LogP contribution < -0.4 is 5.73 Å². The molecule has 0 amide bonds. The molecule has 0 aliphatic heterocycles. The quantitative estimate of drug-likeness (QED) is 0.767. The summed E-state index contributed by atoms with van der Waals surface area (Å²) in [7, 11) is -3.09. The van der Waals surface area contributed by atoms with E-state index < -0.39 is 9.84 Å². The molecule has 0 bridgehead atoms. The van der Waals surface area contributed by atoms with Crippen LogP contribution >= 0.6 is 11.6 Å². The zero-order valence-corrected chi connectivity index (χ0v) is 8.69. The molecule has 0 unspecified atom stereocenters. The third-order valence-electron chi connectivity index (χ3n) is 1.56. The summed E-state index contributed by atoms with van der Waals surface area (Å²) in [5.41, 5.74) is 6.47. The van der Waals surface area contributed by atoms with Crippen molar-refractivity contribution < 1.29 is 8.42 Å². The van der Waals surface area contributed by atoms with E-state index in [0.29, 0.717) is 16.3 Å². The fourth-order valence-corrected chi connectivity index (χ4v) is 2.16. The van der Waals surface area contributed by atoms with Gasteiger partial charge in [-0.25, -0.2) is 8.42 Å². The zero-order chi connectivity index (χ0) is 10.1. The summed E-state index contributed by atoms with van der Waals surface area (Å²) in [6, 6.07) is 4.94. The van der Waals surface area contributed by atoms with E-state index in [9.17, 15) is 8.42 Å². The highest BCUT2D eigenvalue weighted by Crippen LogP contribution is 2.23. The topological polar surface area (TPSA) is 60.2 Å². The molecule has 0 saturated carbocycles. The van der Waals surface area contributed by atoms with Gasteiger partial charge in [0, 0.05) is 22.5 Å². The largest absolute Gasteiger partial charge is 0.398 e. The van der Waals surface area contributed by atoms with Crippen molar-refractivity contribution in [1.82, 2.24) is 0 Å². The monoisotopic (exact) mass is 219 g/mol. The zero-order valence-electron chi connectivity index (χ0n) is 7.12. The van der Waals surface area contributed by atoms with E-state index >= 15 is 0 Å². The van der Waals surface area contributed by atoms with Gasteiger partial charge in [-0.2, -0.15) is 0 Å². The number of halogens is 1. The maximum Gasteiger partial charge on any atom is 0.151 e. The van der Waals surface area contributed by atoms with Crippen molar-refractivity contribution in [2.24, 2.45) is 0 Å². The number of nitrogens with two attached hydrogens (primary N) is 1. The Balaban J connectivity index is 3.15. The van der Waals surface area contributed by atoms with Crippen LogP contribution in [-0.4, -0.2) is 14.7 Å². The summed E-state index contributed by atoms with van der Waals surface area (Å²) in [4.78, 5) is 0. The van der Waals surface area contributed by atoms with Crippen molar-refractivity contribution in [3.05, 3.63) is 28.8 Å². The predicted molar refractivity (Wildman–Crippen MR) is 54.4 cm³/mol. The summed E-state index contributed by atoms with van der Waals surface area (Å²) in [6.45, 7) is 0. The second-order valence-corrected chi connectivity index (χ2v) is 5.43. The standard InChI is InChI=1S/C8H10ClNO2S/c1-13(11,12)5-6-7(9)3-2-4-8(6)10/h2-4H,5,10H2,1H3. The van der Waals surface area contributed by atoms with E-state index in [-0.39, 0.29) is 5.75 Å². The Morgan fingerprint density at radius 1 is 1.46 bits per heavy atom. The molecule has 0 atom stereocenters. The lowest BCUT2D eigenvalue weighted by Crippen LogP contribution is -2.04. The lowest BCUT2D eigenvalue weighted by molar-refractivity contribution is 0.601. The first-order valence-electron chi connectivity index (χ1n) is 3.61. The van der Waals surface area contributed by atoms with Crippen molar-refractivity contribution in [2.75, 3.05) is 12.0 Å². The van der Waals surface area contributed by atoms with Crippen molar-refractivity contribution in [3.8, 4) is 0 Å². The second-order valence-electron chi connectivity index (χ2n) is 2.88. The summed E-state index contributed by atoms with van der Waals surface area (Å²) in [6.07, 6.45) is 1.15. The predicted octanol–water partition coefficient (Wildman–Crippen LogP) is 1.47. The number of hydrogen-bond donors (Lipinski definition) is 1. The number of hydrogen-bond acceptors (Lipinski definition) is 3. The van der Waals surface area contributed by atoms with Gasteiger partial charge in [0.1, 0.15) is 0 Å². The second kappa shape index (κ2) is 3.55. The molecule has 5 heteroatoms. The van der Waals surface area contributed by atoms with E-state index in [1.165, 1.54) is 0 Å². The maximum absolute atomic E-state index is 11.0. The summed E-state index contributed by atoms with van der Waals surface area (Å²) >= 11 is 5.79. The molecule has 0 aromatic heterocycles. The molecule has 0 aliphatic carbocycles. The number of sulfone groups is 1. The number of rotatable bonds is 2. The Morgan fingerprint density at radius 3 is 2.54 bits per heavy atom. The van der Waals surface area contributed by atoms with Crippen molar-refractivity contribution in [1.29, 1.82) is 0 Å². The van der Waals surface area contributed by atoms with Gasteiger partial charge in [0.2, 0.25) is 0 Å². The van der Waals surface area contributed by atoms with Gasteiger partial charge in [-0.3, -0.25) is 0 Å². The van der Waals surface area contributed by atoms with Crippen molar-refractivity contribution in [2.45, 2.75) is 5.75 Å². The average molecular weight is 220 g/mol. The van der Waals surface area contributed by atoms with Crippen LogP contribution in [0.15, 0.2) is 18.2 Å². The van der Waals surface area contributed by atoms with Crippen LogP contribution in [-0.2, 0) is 15.6 Å².